The van der Waals surface area contributed by atoms with Gasteiger partial charge in [0.15, 0.2) is 0 Å². The van der Waals surface area contributed by atoms with Crippen molar-refractivity contribution in [1.29, 1.82) is 0 Å². The van der Waals surface area contributed by atoms with Crippen LogP contribution in [0, 0.1) is 0 Å². The molecule has 0 aliphatic heterocycles. The van der Waals surface area contributed by atoms with E-state index in [1.807, 2.05) is 101 Å². The maximum atomic E-state index is 3.90. The monoisotopic (exact) mass is 1090 g/mol. The highest BCUT2D eigenvalue weighted by atomic mass is 28.3. The van der Waals surface area contributed by atoms with Crippen LogP contribution >= 0.6 is 0 Å². The fraction of sp³-hybridized carbons (Fsp3) is 0.294. The molecule has 0 heterocycles. The Bertz CT molecular complexity index is 1660. The van der Waals surface area contributed by atoms with E-state index in [-0.39, 0.29) is 0 Å². The van der Waals surface area contributed by atoms with Crippen molar-refractivity contribution in [3.8, 4) is 0 Å². The lowest BCUT2D eigenvalue weighted by molar-refractivity contribution is 0.963. The van der Waals surface area contributed by atoms with Crippen LogP contribution in [0.15, 0.2) is 293 Å². The second-order valence-corrected chi connectivity index (χ2v) is 45.9. The van der Waals surface area contributed by atoms with E-state index in [4.69, 9.17) is 0 Å². The molecule has 0 nitrogen and oxygen atoms in total. The first kappa shape index (κ1) is 78.0. The van der Waals surface area contributed by atoms with E-state index in [2.05, 4.69) is 206 Å². The molecule has 0 fully saturated rings. The Balaban J connectivity index is -0.000000262. The van der Waals surface area contributed by atoms with Gasteiger partial charge in [-0.15, -0.1) is 138 Å². The van der Waals surface area contributed by atoms with Gasteiger partial charge in [-0.2, -0.15) is 0 Å². The molecule has 74 heavy (non-hydrogen) atoms. The number of rotatable bonds is 40. The summed E-state index contributed by atoms with van der Waals surface area (Å²) in [6, 6.07) is 27.6. The van der Waals surface area contributed by atoms with Gasteiger partial charge in [-0.05, 0) is 86.1 Å². The van der Waals surface area contributed by atoms with Gasteiger partial charge in [0.2, 0.25) is 0 Å². The fourth-order valence-electron chi connectivity index (χ4n) is 8.38. The van der Waals surface area contributed by atoms with Crippen molar-refractivity contribution in [2.45, 2.75) is 123 Å². The van der Waals surface area contributed by atoms with Gasteiger partial charge in [-0.25, -0.2) is 0 Å². The molecule has 0 unspecified atom stereocenters. The Kier molecular flexibility index (Phi) is 52.9. The van der Waals surface area contributed by atoms with Crippen LogP contribution < -0.4 is 5.19 Å². The molecule has 1 aromatic carbocycles. The summed E-state index contributed by atoms with van der Waals surface area (Å²) >= 11 is 0. The predicted molar refractivity (Wildman–Crippen MR) is 372 cm³/mol. The molecule has 1 rings (SSSR count). The van der Waals surface area contributed by atoms with Crippen LogP contribution in [-0.4, -0.2) is 48.4 Å². The molecule has 0 aliphatic carbocycles. The van der Waals surface area contributed by atoms with Crippen LogP contribution in [-0.2, 0) is 0 Å². The molecular weight excluding hydrogens is 985 g/mol. The summed E-state index contributed by atoms with van der Waals surface area (Å²) < 4.78 is 0. The Morgan fingerprint density at radius 1 is 0.297 bits per heavy atom. The quantitative estimate of drug-likeness (QED) is 0.0454. The highest BCUT2D eigenvalue weighted by Gasteiger charge is 2.31. The summed E-state index contributed by atoms with van der Waals surface area (Å²) in [5.41, 5.74) is 13.4. The number of hydrogen-bond donors (Lipinski definition) is 0. The Hall–Kier alpha value is -4.94. The molecule has 0 aromatic heterocycles. The maximum absolute atomic E-state index is 3.90. The van der Waals surface area contributed by atoms with Crippen LogP contribution in [0.1, 0.15) is 25.7 Å². The minimum atomic E-state index is -1.64. The molecule has 6 heteroatoms. The molecule has 0 amide bonds. The van der Waals surface area contributed by atoms with E-state index in [9.17, 15) is 0 Å². The number of hydrogen-bond acceptors (Lipinski definition) is 0. The second kappa shape index (κ2) is 50.2. The van der Waals surface area contributed by atoms with E-state index in [1.165, 1.54) is 47.5 Å². The van der Waals surface area contributed by atoms with E-state index in [0.717, 1.165) is 68.0 Å². The van der Waals surface area contributed by atoms with Crippen molar-refractivity contribution in [1.82, 2.24) is 0 Å². The molecule has 0 aliphatic rings. The molecule has 0 bridgehead atoms. The zero-order valence-electron chi connectivity index (χ0n) is 48.1. The molecule has 0 radical (unpaired) electrons. The lowest BCUT2D eigenvalue weighted by Gasteiger charge is -2.31. The summed E-state index contributed by atoms with van der Waals surface area (Å²) in [4.78, 5) is 0. The normalized spacial score (nSPS) is 10.5. The minimum Gasteiger partial charge on any atom is -0.106 e. The zero-order chi connectivity index (χ0) is 57.7. The zero-order valence-corrected chi connectivity index (χ0v) is 54.1. The maximum Gasteiger partial charge on any atom is 0.148 e. The van der Waals surface area contributed by atoms with Crippen LogP contribution in [0.2, 0.25) is 97.7 Å². The molecule has 0 saturated carbocycles. The number of benzene rings is 1. The third-order valence-electron chi connectivity index (χ3n) is 13.5. The summed E-state index contributed by atoms with van der Waals surface area (Å²) in [5, 5.41) is 1.48. The third-order valence-corrected chi connectivity index (χ3v) is 37.5. The van der Waals surface area contributed by atoms with E-state index < -0.39 is 48.4 Å². The van der Waals surface area contributed by atoms with Crippen molar-refractivity contribution in [3.63, 3.8) is 0 Å². The van der Waals surface area contributed by atoms with Gasteiger partial charge >= 0.3 is 0 Å². The standard InChI is InChI=1S/C16H28Si.C15H20Si.C12H20Si.C10H18Si.C8H12Si.C7H12Si/c1-5-9-13-17(14-10-6-2,15-11-7-3)16-12-8-4;1-4-12-16(13-5-2,14-6-3)15-10-8-7-9-11-15;1-5-9-13(10-6-2,11-7-3)12-8-4;1-5-8-11(4,9-6-2)10-7-3;1-5-9(6-2,7-3)8-4;1-5-8(4,6-2)7-3/h5-8H,1-4,9-16H2;4-11H,1-3,12-14H2;5-8H,1-4,9-12H2;5-7H,1-3,8-10H2,4H3;5-8H,1-4H2;5-7H,1-3H2,4H3. The van der Waals surface area contributed by atoms with Gasteiger partial charge in [-0.3, -0.25) is 0 Å². The lowest BCUT2D eigenvalue weighted by atomic mass is 10.4. The van der Waals surface area contributed by atoms with E-state index in [1.54, 1.807) is 0 Å². The highest BCUT2D eigenvalue weighted by molar-refractivity contribution is 6.97. The van der Waals surface area contributed by atoms with Gasteiger partial charge in [0.1, 0.15) is 16.1 Å². The molecule has 1 aromatic rings. The van der Waals surface area contributed by atoms with Gasteiger partial charge < -0.3 is 0 Å². The van der Waals surface area contributed by atoms with E-state index >= 15 is 0 Å². The van der Waals surface area contributed by atoms with Crippen molar-refractivity contribution in [3.05, 3.63) is 293 Å². The summed E-state index contributed by atoms with van der Waals surface area (Å²) in [5.74, 6) is 0. The first-order valence-corrected chi connectivity index (χ1v) is 42.9. The predicted octanol–water partition coefficient (Wildman–Crippen LogP) is 22.0. The molecule has 0 spiro atoms. The molecule has 0 atom stereocenters. The Morgan fingerprint density at radius 2 is 0.554 bits per heavy atom. The SMILES string of the molecule is C=CCC[Si](CCC=C)(CCC=C)CCC=C.C=CC[Si](C)(CC=C)CC=C.C=CC[Si](CC=C)(CC=C)CC=C.C=CC[Si](CC=C)(CC=C)c1ccccc1.C=C[Si](C)(C=C)C=C.C=C[Si](C=C)(C=C)C=C. The average Bonchev–Trinajstić information content (AvgIpc) is 3.41. The first-order valence-electron chi connectivity index (χ1n) is 26.4. The van der Waals surface area contributed by atoms with Gasteiger partial charge in [0, 0.05) is 0 Å². The Labute approximate surface area is 467 Å². The van der Waals surface area contributed by atoms with E-state index in [0.29, 0.717) is 0 Å². The average molecular weight is 1100 g/mol. The van der Waals surface area contributed by atoms with Crippen LogP contribution in [0.5, 0.6) is 0 Å². The van der Waals surface area contributed by atoms with Crippen molar-refractivity contribution in [2.24, 2.45) is 0 Å². The third kappa shape index (κ3) is 36.1. The fourth-order valence-corrected chi connectivity index (χ4v) is 24.4. The van der Waals surface area contributed by atoms with Crippen LogP contribution in [0.3, 0.4) is 0 Å². The summed E-state index contributed by atoms with van der Waals surface area (Å²) in [6.45, 7) is 84.2. The van der Waals surface area contributed by atoms with Gasteiger partial charge in [0.25, 0.3) is 0 Å². The number of allylic oxidation sites excluding steroid dienone is 14. The molecule has 0 saturated heterocycles. The molecule has 406 valence electrons. The highest BCUT2D eigenvalue weighted by Crippen LogP contribution is 2.32. The van der Waals surface area contributed by atoms with Crippen molar-refractivity contribution < 1.29 is 0 Å². The Morgan fingerprint density at radius 3 is 0.730 bits per heavy atom. The lowest BCUT2D eigenvalue weighted by Crippen LogP contribution is -2.46. The van der Waals surface area contributed by atoms with Crippen molar-refractivity contribution >= 4 is 53.6 Å². The summed E-state index contributed by atoms with van der Waals surface area (Å²) in [6.07, 6.45) is 33.3. The largest absolute Gasteiger partial charge is 0.148 e. The smallest absolute Gasteiger partial charge is 0.106 e. The van der Waals surface area contributed by atoms with Gasteiger partial charge in [-0.1, -0.05) is 198 Å². The summed E-state index contributed by atoms with van der Waals surface area (Å²) in [7, 11) is -8.08. The minimum absolute atomic E-state index is 1.09. The first-order chi connectivity index (χ1) is 35.4. The molecule has 0 N–H and O–H groups in total. The van der Waals surface area contributed by atoms with Crippen LogP contribution in [0.25, 0.3) is 0 Å². The topological polar surface area (TPSA) is 0 Å². The second-order valence-electron chi connectivity index (χ2n) is 19.5. The molecular formula is C68H110Si6. The van der Waals surface area contributed by atoms with Gasteiger partial charge in [0.05, 0.1) is 32.3 Å². The van der Waals surface area contributed by atoms with Crippen molar-refractivity contribution in [2.75, 3.05) is 0 Å². The van der Waals surface area contributed by atoms with Crippen LogP contribution in [0.4, 0.5) is 0 Å².